The van der Waals surface area contributed by atoms with Gasteiger partial charge in [-0.05, 0) is 54.2 Å². The maximum atomic E-state index is 13.5. The van der Waals surface area contributed by atoms with Crippen molar-refractivity contribution in [1.29, 1.82) is 0 Å². The van der Waals surface area contributed by atoms with Crippen LogP contribution in [0.2, 0.25) is 5.02 Å². The predicted octanol–water partition coefficient (Wildman–Crippen LogP) is 5.82. The summed E-state index contributed by atoms with van der Waals surface area (Å²) in [5, 5.41) is 0.612. The molecule has 2 aliphatic rings. The smallest absolute Gasteiger partial charge is 0.232 e. The van der Waals surface area contributed by atoms with Crippen molar-refractivity contribution in [3.05, 3.63) is 69.9 Å². The van der Waals surface area contributed by atoms with Gasteiger partial charge in [0.2, 0.25) is 5.91 Å². The monoisotopic (exact) mass is 423 g/mol. The Bertz CT molecular complexity index is 1050. The van der Waals surface area contributed by atoms with Gasteiger partial charge in [-0.15, -0.1) is 0 Å². The maximum absolute atomic E-state index is 13.5. The van der Waals surface area contributed by atoms with Crippen molar-refractivity contribution in [2.24, 2.45) is 5.41 Å². The van der Waals surface area contributed by atoms with Crippen molar-refractivity contribution in [1.82, 2.24) is 0 Å². The van der Waals surface area contributed by atoms with Gasteiger partial charge in [-0.1, -0.05) is 43.6 Å². The summed E-state index contributed by atoms with van der Waals surface area (Å²) >= 11 is 6.36. The molecule has 5 heteroatoms. The number of halogens is 1. The van der Waals surface area contributed by atoms with E-state index < -0.39 is 0 Å². The van der Waals surface area contributed by atoms with Crippen LogP contribution in [-0.4, -0.2) is 18.8 Å². The molecule has 0 saturated carbocycles. The molecule has 0 bridgehead atoms. The fraction of sp³-hybridized carbons (Fsp3) is 0.360. The minimum atomic E-state index is -0.238. The molecule has 2 aromatic carbocycles. The number of carbonyl (C=O) groups is 2. The molecule has 0 spiro atoms. The van der Waals surface area contributed by atoms with E-state index in [-0.39, 0.29) is 29.4 Å². The number of allylic oxidation sites excluding steroid dienone is 2. The van der Waals surface area contributed by atoms with Crippen LogP contribution in [0.25, 0.3) is 0 Å². The zero-order valence-corrected chi connectivity index (χ0v) is 18.5. The van der Waals surface area contributed by atoms with Gasteiger partial charge in [-0.3, -0.25) is 14.5 Å². The molecule has 0 saturated heterocycles. The van der Waals surface area contributed by atoms with Gasteiger partial charge in [0.25, 0.3) is 0 Å². The van der Waals surface area contributed by atoms with Crippen LogP contribution >= 0.6 is 11.6 Å². The first-order chi connectivity index (χ1) is 14.2. The quantitative estimate of drug-likeness (QED) is 0.624. The topological polar surface area (TPSA) is 46.6 Å². The third kappa shape index (κ3) is 3.54. The minimum Gasteiger partial charge on any atom is -0.497 e. The van der Waals surface area contributed by atoms with Gasteiger partial charge in [-0.25, -0.2) is 0 Å². The Morgan fingerprint density at radius 2 is 1.77 bits per heavy atom. The summed E-state index contributed by atoms with van der Waals surface area (Å²) in [6, 6.07) is 13.2. The number of Topliss-reactive ketones (excluding diaryl/α,β-unsaturated/α-hetero) is 1. The Labute approximate surface area is 182 Å². The molecule has 0 N–H and O–H groups in total. The Hall–Kier alpha value is -2.59. The SMILES string of the molecule is COc1ccc(C2CC(=O)N(c3cccc(Cl)c3C)C3=C2C(=O)CC(C)(C)C3)cc1. The highest BCUT2D eigenvalue weighted by Crippen LogP contribution is 2.49. The Morgan fingerprint density at radius 3 is 2.43 bits per heavy atom. The Kier molecular flexibility index (Phi) is 5.23. The summed E-state index contributed by atoms with van der Waals surface area (Å²) < 4.78 is 5.27. The Morgan fingerprint density at radius 1 is 1.07 bits per heavy atom. The molecule has 4 nitrogen and oxygen atoms in total. The number of hydrogen-bond donors (Lipinski definition) is 0. The van der Waals surface area contributed by atoms with Crippen LogP contribution in [0.1, 0.15) is 50.2 Å². The highest BCUT2D eigenvalue weighted by Gasteiger charge is 2.44. The number of hydrogen-bond acceptors (Lipinski definition) is 3. The van der Waals surface area contributed by atoms with E-state index in [4.69, 9.17) is 16.3 Å². The van der Waals surface area contributed by atoms with Crippen molar-refractivity contribution in [2.45, 2.75) is 46.0 Å². The van der Waals surface area contributed by atoms with Gasteiger partial charge in [0.1, 0.15) is 5.75 Å². The second-order valence-electron chi connectivity index (χ2n) is 8.94. The zero-order valence-electron chi connectivity index (χ0n) is 17.8. The molecule has 30 heavy (non-hydrogen) atoms. The largest absolute Gasteiger partial charge is 0.497 e. The summed E-state index contributed by atoms with van der Waals surface area (Å²) in [5.41, 5.74) is 3.95. The maximum Gasteiger partial charge on any atom is 0.232 e. The fourth-order valence-electron chi connectivity index (χ4n) is 4.65. The highest BCUT2D eigenvalue weighted by molar-refractivity contribution is 6.31. The third-order valence-electron chi connectivity index (χ3n) is 6.14. The lowest BCUT2D eigenvalue weighted by molar-refractivity contribution is -0.121. The van der Waals surface area contributed by atoms with E-state index in [1.165, 1.54) is 0 Å². The van der Waals surface area contributed by atoms with E-state index in [0.29, 0.717) is 17.9 Å². The summed E-state index contributed by atoms with van der Waals surface area (Å²) in [5.74, 6) is 0.629. The van der Waals surface area contributed by atoms with Crippen molar-refractivity contribution >= 4 is 29.0 Å². The molecule has 1 amide bonds. The van der Waals surface area contributed by atoms with Gasteiger partial charge in [0.15, 0.2) is 5.78 Å². The lowest BCUT2D eigenvalue weighted by Crippen LogP contribution is -2.44. The standard InChI is InChI=1S/C25H26ClNO3/c1-15-19(26)6-5-7-20(15)27-21-13-25(2,3)14-22(28)24(21)18(12-23(27)29)16-8-10-17(30-4)11-9-16/h5-11,18H,12-14H2,1-4H3. The Balaban J connectivity index is 1.90. The molecule has 1 unspecified atom stereocenters. The van der Waals surface area contributed by atoms with Crippen molar-refractivity contribution in [3.63, 3.8) is 0 Å². The van der Waals surface area contributed by atoms with Crippen LogP contribution in [0, 0.1) is 12.3 Å². The molecule has 1 heterocycles. The van der Waals surface area contributed by atoms with Crippen LogP contribution in [0.5, 0.6) is 5.75 Å². The average Bonchev–Trinajstić information content (AvgIpc) is 2.69. The van der Waals surface area contributed by atoms with Crippen molar-refractivity contribution in [2.75, 3.05) is 12.0 Å². The fourth-order valence-corrected chi connectivity index (χ4v) is 4.82. The summed E-state index contributed by atoms with van der Waals surface area (Å²) in [4.78, 5) is 28.5. The van der Waals surface area contributed by atoms with Crippen LogP contribution in [-0.2, 0) is 9.59 Å². The molecular formula is C25H26ClNO3. The third-order valence-corrected chi connectivity index (χ3v) is 6.55. The lowest BCUT2D eigenvalue weighted by atomic mass is 9.69. The van der Waals surface area contributed by atoms with Gasteiger partial charge in [-0.2, -0.15) is 0 Å². The lowest BCUT2D eigenvalue weighted by Gasteiger charge is -2.43. The zero-order chi connectivity index (χ0) is 21.6. The van der Waals surface area contributed by atoms with Crippen LogP contribution in [0.3, 0.4) is 0 Å². The van der Waals surface area contributed by atoms with Gasteiger partial charge in [0.05, 0.1) is 12.8 Å². The molecule has 2 aromatic rings. The number of ether oxygens (including phenoxy) is 1. The van der Waals surface area contributed by atoms with E-state index in [1.807, 2.05) is 49.4 Å². The normalized spacial score (nSPS) is 21.0. The van der Waals surface area contributed by atoms with E-state index in [2.05, 4.69) is 13.8 Å². The number of methoxy groups -OCH3 is 1. The number of benzene rings is 2. The van der Waals surface area contributed by atoms with Crippen molar-refractivity contribution in [3.8, 4) is 5.75 Å². The van der Waals surface area contributed by atoms with E-state index in [0.717, 1.165) is 33.8 Å². The first kappa shape index (κ1) is 20.7. The van der Waals surface area contributed by atoms with E-state index in [1.54, 1.807) is 12.0 Å². The second kappa shape index (κ2) is 7.59. The molecule has 156 valence electrons. The molecule has 1 atom stereocenters. The van der Waals surface area contributed by atoms with E-state index >= 15 is 0 Å². The summed E-state index contributed by atoms with van der Waals surface area (Å²) in [7, 11) is 1.62. The summed E-state index contributed by atoms with van der Waals surface area (Å²) in [6.45, 7) is 6.08. The minimum absolute atomic E-state index is 0.00886. The summed E-state index contributed by atoms with van der Waals surface area (Å²) in [6.07, 6.45) is 1.40. The number of ketones is 1. The van der Waals surface area contributed by atoms with Gasteiger partial charge < -0.3 is 4.74 Å². The predicted molar refractivity (Wildman–Crippen MR) is 119 cm³/mol. The van der Waals surface area contributed by atoms with Gasteiger partial charge >= 0.3 is 0 Å². The number of amides is 1. The number of nitrogens with zero attached hydrogens (tertiary/aromatic N) is 1. The first-order valence-electron chi connectivity index (χ1n) is 10.2. The number of anilines is 1. The molecule has 0 fully saturated rings. The second-order valence-corrected chi connectivity index (χ2v) is 9.35. The average molecular weight is 424 g/mol. The van der Waals surface area contributed by atoms with Crippen LogP contribution in [0.15, 0.2) is 53.7 Å². The van der Waals surface area contributed by atoms with Gasteiger partial charge in [0, 0.05) is 35.1 Å². The first-order valence-corrected chi connectivity index (χ1v) is 10.6. The number of carbonyl (C=O) groups excluding carboxylic acids is 2. The van der Waals surface area contributed by atoms with Crippen LogP contribution in [0.4, 0.5) is 5.69 Å². The van der Waals surface area contributed by atoms with Crippen LogP contribution < -0.4 is 9.64 Å². The molecule has 1 aliphatic heterocycles. The molecular weight excluding hydrogens is 398 g/mol. The highest BCUT2D eigenvalue weighted by atomic mass is 35.5. The number of rotatable bonds is 3. The molecule has 4 rings (SSSR count). The molecule has 0 radical (unpaired) electrons. The van der Waals surface area contributed by atoms with Crippen molar-refractivity contribution < 1.29 is 14.3 Å². The molecule has 1 aliphatic carbocycles. The van der Waals surface area contributed by atoms with E-state index in [9.17, 15) is 9.59 Å². The molecule has 0 aromatic heterocycles.